The molecule has 1 heterocycles. The second-order valence-corrected chi connectivity index (χ2v) is 6.75. The van der Waals surface area contributed by atoms with Crippen LogP contribution in [0.3, 0.4) is 0 Å². The van der Waals surface area contributed by atoms with E-state index < -0.39 is 0 Å². The molecule has 4 heteroatoms. The number of anilines is 1. The molecular weight excluding hydrogens is 322 g/mol. The third kappa shape index (κ3) is 3.47. The molecule has 3 aromatic rings. The van der Waals surface area contributed by atoms with Crippen LogP contribution in [-0.4, -0.2) is 36.9 Å². The van der Waals surface area contributed by atoms with Crippen LogP contribution in [0, 0.1) is 5.41 Å². The first-order chi connectivity index (χ1) is 12.7. The Morgan fingerprint density at radius 3 is 2.54 bits per heavy atom. The van der Waals surface area contributed by atoms with Crippen molar-refractivity contribution in [2.45, 2.75) is 6.54 Å². The van der Waals surface area contributed by atoms with Crippen LogP contribution in [0.1, 0.15) is 16.7 Å². The van der Waals surface area contributed by atoms with E-state index in [1.165, 1.54) is 10.9 Å². The summed E-state index contributed by atoms with van der Waals surface area (Å²) in [4.78, 5) is 2.37. The SMILES string of the molecule is N=C(c1ccc2ccccc2c1)c1cc(CN2CCOCC2)ccc1N. The average molecular weight is 345 g/mol. The monoisotopic (exact) mass is 345 g/mol. The van der Waals surface area contributed by atoms with E-state index in [-0.39, 0.29) is 0 Å². The molecule has 0 atom stereocenters. The van der Waals surface area contributed by atoms with Crippen LogP contribution in [-0.2, 0) is 11.3 Å². The lowest BCUT2D eigenvalue weighted by Gasteiger charge is -2.26. The Morgan fingerprint density at radius 2 is 1.73 bits per heavy atom. The van der Waals surface area contributed by atoms with Crippen molar-refractivity contribution in [1.82, 2.24) is 4.90 Å². The topological polar surface area (TPSA) is 62.3 Å². The van der Waals surface area contributed by atoms with Crippen molar-refractivity contribution < 1.29 is 4.74 Å². The maximum Gasteiger partial charge on any atom is 0.0705 e. The lowest BCUT2D eigenvalue weighted by molar-refractivity contribution is 0.0342. The number of ether oxygens (including phenoxy) is 1. The maximum absolute atomic E-state index is 8.69. The first-order valence-corrected chi connectivity index (χ1v) is 8.97. The van der Waals surface area contributed by atoms with Gasteiger partial charge >= 0.3 is 0 Å². The van der Waals surface area contributed by atoms with Crippen molar-refractivity contribution in [2.24, 2.45) is 0 Å². The summed E-state index contributed by atoms with van der Waals surface area (Å²) in [5.41, 5.74) is 10.2. The minimum Gasteiger partial charge on any atom is -0.398 e. The Labute approximate surface area is 153 Å². The van der Waals surface area contributed by atoms with Crippen LogP contribution in [0.2, 0.25) is 0 Å². The maximum atomic E-state index is 8.69. The van der Waals surface area contributed by atoms with Gasteiger partial charge in [0.25, 0.3) is 0 Å². The van der Waals surface area contributed by atoms with E-state index in [0.717, 1.165) is 49.4 Å². The van der Waals surface area contributed by atoms with Gasteiger partial charge in [0.1, 0.15) is 0 Å². The summed E-state index contributed by atoms with van der Waals surface area (Å²) >= 11 is 0. The Morgan fingerprint density at radius 1 is 0.962 bits per heavy atom. The molecule has 1 aliphatic rings. The summed E-state index contributed by atoms with van der Waals surface area (Å²) in [7, 11) is 0. The van der Waals surface area contributed by atoms with Gasteiger partial charge < -0.3 is 10.5 Å². The molecule has 0 amide bonds. The second kappa shape index (κ2) is 7.28. The van der Waals surface area contributed by atoms with Gasteiger partial charge in [0, 0.05) is 36.4 Å². The smallest absolute Gasteiger partial charge is 0.0705 e. The molecule has 0 saturated carbocycles. The molecular formula is C22H23N3O. The number of nitrogen functional groups attached to an aromatic ring is 1. The first-order valence-electron chi connectivity index (χ1n) is 8.97. The molecule has 26 heavy (non-hydrogen) atoms. The van der Waals surface area contributed by atoms with Gasteiger partial charge in [-0.05, 0) is 34.5 Å². The van der Waals surface area contributed by atoms with Crippen LogP contribution >= 0.6 is 0 Å². The van der Waals surface area contributed by atoms with Gasteiger partial charge in [0.05, 0.1) is 18.9 Å². The van der Waals surface area contributed by atoms with E-state index in [4.69, 9.17) is 15.9 Å². The van der Waals surface area contributed by atoms with Crippen molar-refractivity contribution >= 4 is 22.2 Å². The number of nitrogens with two attached hydrogens (primary N) is 1. The zero-order chi connectivity index (χ0) is 17.9. The van der Waals surface area contributed by atoms with Gasteiger partial charge in [-0.25, -0.2) is 0 Å². The summed E-state index contributed by atoms with van der Waals surface area (Å²) in [6.45, 7) is 4.33. The number of benzene rings is 3. The fraction of sp³-hybridized carbons (Fsp3) is 0.227. The minimum absolute atomic E-state index is 0.470. The second-order valence-electron chi connectivity index (χ2n) is 6.75. The average Bonchev–Trinajstić information content (AvgIpc) is 2.69. The minimum atomic E-state index is 0.470. The van der Waals surface area contributed by atoms with Crippen LogP contribution in [0.25, 0.3) is 10.8 Å². The van der Waals surface area contributed by atoms with E-state index in [1.807, 2.05) is 24.3 Å². The number of morpholine rings is 1. The largest absolute Gasteiger partial charge is 0.398 e. The van der Waals surface area contributed by atoms with E-state index in [2.05, 4.69) is 41.3 Å². The van der Waals surface area contributed by atoms with Gasteiger partial charge in [-0.1, -0.05) is 42.5 Å². The molecule has 3 N–H and O–H groups in total. The summed E-state index contributed by atoms with van der Waals surface area (Å²) in [5, 5.41) is 11.0. The predicted octanol–water partition coefficient (Wildman–Crippen LogP) is 3.67. The summed E-state index contributed by atoms with van der Waals surface area (Å²) < 4.78 is 5.42. The molecule has 0 bridgehead atoms. The third-order valence-electron chi connectivity index (χ3n) is 4.94. The summed E-state index contributed by atoms with van der Waals surface area (Å²) in [6, 6.07) is 20.4. The number of nitrogens with zero attached hydrogens (tertiary/aromatic N) is 1. The van der Waals surface area contributed by atoms with Gasteiger partial charge in [-0.3, -0.25) is 10.3 Å². The van der Waals surface area contributed by atoms with Gasteiger partial charge in [0.2, 0.25) is 0 Å². The zero-order valence-electron chi connectivity index (χ0n) is 14.7. The van der Waals surface area contributed by atoms with E-state index in [9.17, 15) is 0 Å². The van der Waals surface area contributed by atoms with Crippen molar-refractivity contribution in [1.29, 1.82) is 5.41 Å². The highest BCUT2D eigenvalue weighted by atomic mass is 16.5. The van der Waals surface area contributed by atoms with Crippen molar-refractivity contribution in [2.75, 3.05) is 32.0 Å². The Bertz CT molecular complexity index is 945. The predicted molar refractivity (Wildman–Crippen MR) is 107 cm³/mol. The van der Waals surface area contributed by atoms with E-state index in [0.29, 0.717) is 11.4 Å². The molecule has 0 spiro atoms. The van der Waals surface area contributed by atoms with E-state index >= 15 is 0 Å². The number of rotatable bonds is 4. The lowest BCUT2D eigenvalue weighted by Crippen LogP contribution is -2.35. The molecule has 3 aromatic carbocycles. The molecule has 1 fully saturated rings. The highest BCUT2D eigenvalue weighted by molar-refractivity contribution is 6.15. The third-order valence-corrected chi connectivity index (χ3v) is 4.94. The molecule has 4 nitrogen and oxygen atoms in total. The molecule has 1 aliphatic heterocycles. The lowest BCUT2D eigenvalue weighted by atomic mass is 9.96. The molecule has 0 unspecified atom stereocenters. The fourth-order valence-corrected chi connectivity index (χ4v) is 3.44. The van der Waals surface area contributed by atoms with Crippen LogP contribution in [0.15, 0.2) is 60.7 Å². The molecule has 0 aliphatic carbocycles. The van der Waals surface area contributed by atoms with Crippen LogP contribution in [0.4, 0.5) is 5.69 Å². The van der Waals surface area contributed by atoms with Crippen molar-refractivity contribution in [3.63, 3.8) is 0 Å². The van der Waals surface area contributed by atoms with Gasteiger partial charge in [-0.15, -0.1) is 0 Å². The number of fused-ring (bicyclic) bond motifs is 1. The van der Waals surface area contributed by atoms with Crippen molar-refractivity contribution in [3.8, 4) is 0 Å². The zero-order valence-corrected chi connectivity index (χ0v) is 14.7. The van der Waals surface area contributed by atoms with Crippen molar-refractivity contribution in [3.05, 3.63) is 77.4 Å². The summed E-state index contributed by atoms with van der Waals surface area (Å²) in [6.07, 6.45) is 0. The highest BCUT2D eigenvalue weighted by Gasteiger charge is 2.14. The highest BCUT2D eigenvalue weighted by Crippen LogP contribution is 2.22. The number of hydrogen-bond acceptors (Lipinski definition) is 4. The van der Waals surface area contributed by atoms with Gasteiger partial charge in [-0.2, -0.15) is 0 Å². The normalized spacial score (nSPS) is 15.2. The van der Waals surface area contributed by atoms with Crippen LogP contribution in [0.5, 0.6) is 0 Å². The molecule has 132 valence electrons. The van der Waals surface area contributed by atoms with Crippen LogP contribution < -0.4 is 5.73 Å². The number of hydrogen-bond donors (Lipinski definition) is 2. The molecule has 4 rings (SSSR count). The van der Waals surface area contributed by atoms with Gasteiger partial charge in [0.15, 0.2) is 0 Å². The Kier molecular flexibility index (Phi) is 4.69. The Balaban J connectivity index is 1.62. The summed E-state index contributed by atoms with van der Waals surface area (Å²) in [5.74, 6) is 0. The fourth-order valence-electron chi connectivity index (χ4n) is 3.44. The Hall–Kier alpha value is -2.69. The number of nitrogens with one attached hydrogen (secondary N) is 1. The standard InChI is InChI=1S/C22H23N3O/c23-21-8-5-16(15-25-9-11-26-12-10-25)13-20(21)22(24)19-7-6-17-3-1-2-4-18(17)14-19/h1-8,13-14,24H,9-12,15,23H2. The quantitative estimate of drug-likeness (QED) is 0.560. The molecule has 0 aromatic heterocycles. The first kappa shape index (κ1) is 16.8. The molecule has 1 saturated heterocycles. The van der Waals surface area contributed by atoms with E-state index in [1.54, 1.807) is 0 Å². The molecule has 0 radical (unpaired) electrons.